The maximum Gasteiger partial charge on any atom is 0.193 e. The molecule has 0 spiro atoms. The first kappa shape index (κ1) is 24.0. The third kappa shape index (κ3) is 6.92. The number of ether oxygens (including phenoxy) is 3. The smallest absolute Gasteiger partial charge is 0.193 e. The average molecular weight is 419 g/mol. The molecule has 2 rings (SSSR count). The van der Waals surface area contributed by atoms with Gasteiger partial charge in [-0.3, -0.25) is 9.89 Å². The van der Waals surface area contributed by atoms with Crippen LogP contribution in [0.2, 0.25) is 0 Å². The Bertz CT molecular complexity index is 674. The van der Waals surface area contributed by atoms with Crippen LogP contribution in [0.5, 0.6) is 11.5 Å². The van der Waals surface area contributed by atoms with Gasteiger partial charge in [-0.2, -0.15) is 0 Å². The topological polar surface area (TPSA) is 58.6 Å². The molecule has 0 aromatic heterocycles. The molecule has 1 fully saturated rings. The number of allylic oxidation sites excluding steroid dienone is 1. The van der Waals surface area contributed by atoms with Gasteiger partial charge in [-0.05, 0) is 37.5 Å². The van der Waals surface area contributed by atoms with Gasteiger partial charge in [-0.15, -0.1) is 6.58 Å². The van der Waals surface area contributed by atoms with E-state index in [9.17, 15) is 0 Å². The lowest BCUT2D eigenvalue weighted by Crippen LogP contribution is -2.42. The fourth-order valence-electron chi connectivity index (χ4n) is 3.60. The van der Waals surface area contributed by atoms with E-state index < -0.39 is 0 Å². The van der Waals surface area contributed by atoms with Crippen molar-refractivity contribution in [3.63, 3.8) is 0 Å². The first-order valence-corrected chi connectivity index (χ1v) is 10.8. The fraction of sp³-hybridized carbons (Fsp3) is 0.609. The zero-order valence-corrected chi connectivity index (χ0v) is 19.0. The summed E-state index contributed by atoms with van der Waals surface area (Å²) in [6.45, 7) is 11.6. The molecule has 1 atom stereocenters. The lowest BCUT2D eigenvalue weighted by molar-refractivity contribution is 0.0179. The molecule has 1 heterocycles. The maximum absolute atomic E-state index is 5.57. The summed E-state index contributed by atoms with van der Waals surface area (Å²) in [5.74, 6) is 2.41. The van der Waals surface area contributed by atoms with E-state index in [1.807, 2.05) is 12.1 Å². The van der Waals surface area contributed by atoms with E-state index in [-0.39, 0.29) is 6.04 Å². The molecule has 0 saturated carbocycles. The molecule has 1 unspecified atom stereocenters. The largest absolute Gasteiger partial charge is 0.493 e. The minimum Gasteiger partial charge on any atom is -0.493 e. The van der Waals surface area contributed by atoms with Crippen molar-refractivity contribution in [2.75, 3.05) is 67.2 Å². The predicted molar refractivity (Wildman–Crippen MR) is 123 cm³/mol. The van der Waals surface area contributed by atoms with E-state index in [0.717, 1.165) is 69.7 Å². The van der Waals surface area contributed by atoms with E-state index in [0.29, 0.717) is 6.54 Å². The van der Waals surface area contributed by atoms with Crippen molar-refractivity contribution in [3.8, 4) is 11.5 Å². The lowest BCUT2D eigenvalue weighted by Gasteiger charge is -2.34. The van der Waals surface area contributed by atoms with Gasteiger partial charge in [0.1, 0.15) is 0 Å². The second kappa shape index (κ2) is 13.1. The Hall–Kier alpha value is -2.25. The maximum atomic E-state index is 5.57. The second-order valence-corrected chi connectivity index (χ2v) is 7.33. The normalized spacial score (nSPS) is 16.1. The summed E-state index contributed by atoms with van der Waals surface area (Å²) in [6.07, 6.45) is 4.03. The second-order valence-electron chi connectivity index (χ2n) is 7.33. The zero-order chi connectivity index (χ0) is 21.8. The Morgan fingerprint density at radius 3 is 2.67 bits per heavy atom. The van der Waals surface area contributed by atoms with Crippen molar-refractivity contribution in [1.29, 1.82) is 0 Å². The number of aliphatic imine (C=N–C) groups is 1. The highest BCUT2D eigenvalue weighted by Gasteiger charge is 2.24. The summed E-state index contributed by atoms with van der Waals surface area (Å²) in [5.41, 5.74) is 1.17. The third-order valence-electron chi connectivity index (χ3n) is 5.29. The first-order chi connectivity index (χ1) is 14.6. The highest BCUT2D eigenvalue weighted by atomic mass is 16.5. The van der Waals surface area contributed by atoms with Crippen LogP contribution in [0, 0.1) is 0 Å². The van der Waals surface area contributed by atoms with Crippen LogP contribution in [-0.2, 0) is 4.74 Å². The van der Waals surface area contributed by atoms with Crippen molar-refractivity contribution in [1.82, 2.24) is 15.1 Å². The van der Waals surface area contributed by atoms with Gasteiger partial charge < -0.3 is 24.4 Å². The molecule has 0 bridgehead atoms. The van der Waals surface area contributed by atoms with Gasteiger partial charge in [0.2, 0.25) is 0 Å². The number of hydrogen-bond acceptors (Lipinski definition) is 5. The Morgan fingerprint density at radius 1 is 1.30 bits per heavy atom. The predicted octanol–water partition coefficient (Wildman–Crippen LogP) is 2.94. The standard InChI is InChI=1S/C23H38N4O3/c1-6-8-9-12-26(3)23(24-7-2)25-18-20(27-13-15-30-16-14-27)19-10-11-21(28-4)22(17-19)29-5/h6,10-11,17,20H,1,7-9,12-16,18H2,2-5H3,(H,24,25). The van der Waals surface area contributed by atoms with Crippen molar-refractivity contribution in [3.05, 3.63) is 36.4 Å². The van der Waals surface area contributed by atoms with E-state index in [2.05, 4.69) is 47.8 Å². The molecule has 0 aliphatic carbocycles. The lowest BCUT2D eigenvalue weighted by atomic mass is 10.0. The van der Waals surface area contributed by atoms with Crippen molar-refractivity contribution in [2.24, 2.45) is 4.99 Å². The molecule has 0 radical (unpaired) electrons. The number of benzene rings is 1. The molecular formula is C23H38N4O3. The first-order valence-electron chi connectivity index (χ1n) is 10.8. The molecular weight excluding hydrogens is 380 g/mol. The van der Waals surface area contributed by atoms with Crippen molar-refractivity contribution in [2.45, 2.75) is 25.8 Å². The van der Waals surface area contributed by atoms with Gasteiger partial charge in [0.15, 0.2) is 17.5 Å². The van der Waals surface area contributed by atoms with Gasteiger partial charge in [0.05, 0.1) is 40.0 Å². The molecule has 1 saturated heterocycles. The average Bonchev–Trinajstić information content (AvgIpc) is 2.79. The number of nitrogens with zero attached hydrogens (tertiary/aromatic N) is 3. The molecule has 1 aromatic carbocycles. The van der Waals surface area contributed by atoms with Crippen molar-refractivity contribution >= 4 is 5.96 Å². The number of methoxy groups -OCH3 is 2. The van der Waals surface area contributed by atoms with Crippen LogP contribution in [-0.4, -0.2) is 83.0 Å². The van der Waals surface area contributed by atoms with Crippen LogP contribution in [0.15, 0.2) is 35.8 Å². The summed E-state index contributed by atoms with van der Waals surface area (Å²) >= 11 is 0. The summed E-state index contributed by atoms with van der Waals surface area (Å²) in [6, 6.07) is 6.29. The molecule has 168 valence electrons. The number of guanidine groups is 1. The summed E-state index contributed by atoms with van der Waals surface area (Å²) in [5, 5.41) is 3.42. The molecule has 1 aliphatic heterocycles. The Kier molecular flexibility index (Phi) is 10.5. The van der Waals surface area contributed by atoms with E-state index in [4.69, 9.17) is 19.2 Å². The molecule has 1 N–H and O–H groups in total. The van der Waals surface area contributed by atoms with Crippen LogP contribution in [0.25, 0.3) is 0 Å². The molecule has 1 aromatic rings. The molecule has 0 amide bonds. The highest BCUT2D eigenvalue weighted by Crippen LogP contribution is 2.32. The highest BCUT2D eigenvalue weighted by molar-refractivity contribution is 5.79. The number of hydrogen-bond donors (Lipinski definition) is 1. The molecule has 7 heteroatoms. The Morgan fingerprint density at radius 2 is 2.03 bits per heavy atom. The minimum absolute atomic E-state index is 0.143. The van der Waals surface area contributed by atoms with Crippen LogP contribution < -0.4 is 14.8 Å². The third-order valence-corrected chi connectivity index (χ3v) is 5.29. The quantitative estimate of drug-likeness (QED) is 0.258. The van der Waals surface area contributed by atoms with Gasteiger partial charge in [-0.25, -0.2) is 0 Å². The van der Waals surface area contributed by atoms with Gasteiger partial charge in [0, 0.05) is 33.2 Å². The molecule has 30 heavy (non-hydrogen) atoms. The Labute approximate surface area is 181 Å². The number of morpholine rings is 1. The summed E-state index contributed by atoms with van der Waals surface area (Å²) in [7, 11) is 5.42. The van der Waals surface area contributed by atoms with Crippen LogP contribution in [0.4, 0.5) is 0 Å². The van der Waals surface area contributed by atoms with E-state index >= 15 is 0 Å². The van der Waals surface area contributed by atoms with Crippen molar-refractivity contribution < 1.29 is 14.2 Å². The number of unbranched alkanes of at least 4 members (excludes halogenated alkanes) is 1. The molecule has 7 nitrogen and oxygen atoms in total. The van der Waals surface area contributed by atoms with E-state index in [1.54, 1.807) is 14.2 Å². The van der Waals surface area contributed by atoms with Gasteiger partial charge in [0.25, 0.3) is 0 Å². The minimum atomic E-state index is 0.143. The van der Waals surface area contributed by atoms with Gasteiger partial charge >= 0.3 is 0 Å². The van der Waals surface area contributed by atoms with Crippen LogP contribution >= 0.6 is 0 Å². The zero-order valence-electron chi connectivity index (χ0n) is 19.0. The Balaban J connectivity index is 2.25. The van der Waals surface area contributed by atoms with E-state index in [1.165, 1.54) is 5.56 Å². The van der Waals surface area contributed by atoms with Crippen LogP contribution in [0.3, 0.4) is 0 Å². The monoisotopic (exact) mass is 418 g/mol. The molecule has 1 aliphatic rings. The van der Waals surface area contributed by atoms with Crippen LogP contribution in [0.1, 0.15) is 31.4 Å². The summed E-state index contributed by atoms with van der Waals surface area (Å²) in [4.78, 5) is 9.63. The number of rotatable bonds is 11. The summed E-state index contributed by atoms with van der Waals surface area (Å²) < 4.78 is 16.5. The number of nitrogens with one attached hydrogen (secondary N) is 1. The van der Waals surface area contributed by atoms with Gasteiger partial charge in [-0.1, -0.05) is 12.1 Å². The SMILES string of the molecule is C=CCCCN(C)C(=NCC(c1ccc(OC)c(OC)c1)N1CCOCC1)NCC. The fourth-order valence-corrected chi connectivity index (χ4v) is 3.60.